The second kappa shape index (κ2) is 6.43. The van der Waals surface area contributed by atoms with Crippen molar-refractivity contribution in [1.29, 1.82) is 5.26 Å². The largest absolute Gasteiger partial charge is 0.502 e. The number of methoxy groups -OCH3 is 2. The molecule has 4 N–H and O–H groups in total. The van der Waals surface area contributed by atoms with E-state index in [2.05, 4.69) is 16.3 Å². The van der Waals surface area contributed by atoms with Gasteiger partial charge in [-0.1, -0.05) is 20.8 Å². The molecule has 1 unspecified atom stereocenters. The molecule has 142 valence electrons. The first-order chi connectivity index (χ1) is 12.7. The topological polar surface area (TPSA) is 126 Å². The van der Waals surface area contributed by atoms with Gasteiger partial charge < -0.3 is 25.1 Å². The van der Waals surface area contributed by atoms with Crippen molar-refractivity contribution in [2.24, 2.45) is 5.73 Å². The third kappa shape index (κ3) is 2.91. The Labute approximate surface area is 157 Å². The fourth-order valence-corrected chi connectivity index (χ4v) is 3.23. The lowest BCUT2D eigenvalue weighted by molar-refractivity contribution is 0.338. The number of hydrogen-bond acceptors (Lipinski definition) is 7. The highest BCUT2D eigenvalue weighted by molar-refractivity contribution is 5.61. The third-order valence-corrected chi connectivity index (χ3v) is 4.52. The second-order valence-electron chi connectivity index (χ2n) is 7.27. The smallest absolute Gasteiger partial charge is 0.244 e. The molecule has 2 heterocycles. The standard InChI is InChI=1S/C19H22N4O4/c1-19(2,3)16-14-13(10(8-20)17(21)27-18(14)23-22-16)9-6-11(25-4)15(24)12(7-9)26-5/h6-7,13,24H,21H2,1-5H3,(H,22,23). The molecule has 0 spiro atoms. The summed E-state index contributed by atoms with van der Waals surface area (Å²) in [7, 11) is 2.89. The Balaban J connectivity index is 2.32. The maximum atomic E-state index is 10.2. The number of nitrogens with two attached hydrogens (primary N) is 1. The Bertz CT molecular complexity index is 938. The van der Waals surface area contributed by atoms with Gasteiger partial charge in [-0.15, -0.1) is 5.10 Å². The third-order valence-electron chi connectivity index (χ3n) is 4.52. The number of phenols is 1. The number of benzene rings is 1. The lowest BCUT2D eigenvalue weighted by atomic mass is 9.78. The fourth-order valence-electron chi connectivity index (χ4n) is 3.23. The lowest BCUT2D eigenvalue weighted by Crippen LogP contribution is -2.24. The number of nitriles is 1. The summed E-state index contributed by atoms with van der Waals surface area (Å²) in [6, 6.07) is 5.45. The van der Waals surface area contributed by atoms with Crippen LogP contribution < -0.4 is 19.9 Å². The van der Waals surface area contributed by atoms with Gasteiger partial charge >= 0.3 is 0 Å². The predicted molar refractivity (Wildman–Crippen MR) is 97.8 cm³/mol. The number of aromatic hydroxyl groups is 1. The average molecular weight is 370 g/mol. The molecule has 0 aliphatic carbocycles. The van der Waals surface area contributed by atoms with Gasteiger partial charge in [-0.3, -0.25) is 5.10 Å². The van der Waals surface area contributed by atoms with E-state index in [0.29, 0.717) is 11.4 Å². The van der Waals surface area contributed by atoms with E-state index in [0.717, 1.165) is 11.3 Å². The van der Waals surface area contributed by atoms with E-state index in [1.807, 2.05) is 20.8 Å². The Morgan fingerprint density at radius 2 is 1.85 bits per heavy atom. The molecule has 8 nitrogen and oxygen atoms in total. The molecule has 0 fully saturated rings. The summed E-state index contributed by atoms with van der Waals surface area (Å²) in [4.78, 5) is 0. The Hall–Kier alpha value is -3.34. The van der Waals surface area contributed by atoms with Gasteiger partial charge in [-0.05, 0) is 17.7 Å². The van der Waals surface area contributed by atoms with E-state index >= 15 is 0 Å². The molecule has 0 bridgehead atoms. The Morgan fingerprint density at radius 3 is 2.33 bits per heavy atom. The summed E-state index contributed by atoms with van der Waals surface area (Å²) in [6.07, 6.45) is 0. The van der Waals surface area contributed by atoms with Gasteiger partial charge in [0.1, 0.15) is 11.6 Å². The van der Waals surface area contributed by atoms with Gasteiger partial charge in [-0.25, -0.2) is 0 Å². The van der Waals surface area contributed by atoms with Crippen LogP contribution in [0.4, 0.5) is 0 Å². The molecule has 3 rings (SSSR count). The predicted octanol–water partition coefficient (Wildman–Crippen LogP) is 2.65. The van der Waals surface area contributed by atoms with Crippen LogP contribution in [0.5, 0.6) is 23.1 Å². The van der Waals surface area contributed by atoms with Gasteiger partial charge in [0.15, 0.2) is 11.5 Å². The molecular weight excluding hydrogens is 348 g/mol. The van der Waals surface area contributed by atoms with Crippen LogP contribution in [-0.2, 0) is 5.41 Å². The summed E-state index contributed by atoms with van der Waals surface area (Å²) in [5.41, 5.74) is 8.18. The SMILES string of the molecule is COc1cc(C2C(C#N)=C(N)Oc3n[nH]c(C(C)(C)C)c32)cc(OC)c1O. The maximum absolute atomic E-state index is 10.2. The number of aromatic amines is 1. The van der Waals surface area contributed by atoms with Crippen LogP contribution in [-0.4, -0.2) is 29.5 Å². The molecule has 1 aliphatic rings. The van der Waals surface area contributed by atoms with Gasteiger partial charge in [0.05, 0.1) is 25.7 Å². The zero-order valence-corrected chi connectivity index (χ0v) is 15.9. The van der Waals surface area contributed by atoms with E-state index in [9.17, 15) is 10.4 Å². The van der Waals surface area contributed by atoms with Crippen molar-refractivity contribution in [3.63, 3.8) is 0 Å². The average Bonchev–Trinajstić information content (AvgIpc) is 3.04. The van der Waals surface area contributed by atoms with Crippen molar-refractivity contribution >= 4 is 0 Å². The summed E-state index contributed by atoms with van der Waals surface area (Å²) in [6.45, 7) is 6.09. The number of H-pyrrole nitrogens is 1. The normalized spacial score (nSPS) is 16.4. The zero-order chi connectivity index (χ0) is 19.9. The summed E-state index contributed by atoms with van der Waals surface area (Å²) < 4.78 is 16.1. The number of allylic oxidation sites excluding steroid dienone is 1. The highest BCUT2D eigenvalue weighted by atomic mass is 16.5. The van der Waals surface area contributed by atoms with Crippen LogP contribution in [0.25, 0.3) is 0 Å². The molecule has 0 radical (unpaired) electrons. The van der Waals surface area contributed by atoms with Crippen molar-refractivity contribution in [1.82, 2.24) is 10.2 Å². The fraction of sp³-hybridized carbons (Fsp3) is 0.368. The molecule has 1 atom stereocenters. The van der Waals surface area contributed by atoms with Crippen LogP contribution in [0.2, 0.25) is 0 Å². The molecular formula is C19H22N4O4. The molecule has 0 amide bonds. The minimum Gasteiger partial charge on any atom is -0.502 e. The molecule has 0 saturated heterocycles. The molecule has 0 saturated carbocycles. The summed E-state index contributed by atoms with van der Waals surface area (Å²) in [5.74, 6) is 0.119. The Morgan fingerprint density at radius 1 is 1.26 bits per heavy atom. The summed E-state index contributed by atoms with van der Waals surface area (Å²) >= 11 is 0. The van der Waals surface area contributed by atoms with E-state index in [-0.39, 0.29) is 34.1 Å². The van der Waals surface area contributed by atoms with Crippen molar-refractivity contribution < 1.29 is 19.3 Å². The first-order valence-electron chi connectivity index (χ1n) is 8.34. The highest BCUT2D eigenvalue weighted by Gasteiger charge is 2.38. The van der Waals surface area contributed by atoms with Crippen molar-refractivity contribution in [3.8, 4) is 29.2 Å². The van der Waals surface area contributed by atoms with Crippen LogP contribution in [0.3, 0.4) is 0 Å². The van der Waals surface area contributed by atoms with E-state index < -0.39 is 5.92 Å². The van der Waals surface area contributed by atoms with E-state index in [4.69, 9.17) is 19.9 Å². The first kappa shape index (κ1) is 18.5. The molecule has 1 aliphatic heterocycles. The lowest BCUT2D eigenvalue weighted by Gasteiger charge is -2.28. The first-order valence-corrected chi connectivity index (χ1v) is 8.34. The molecule has 1 aromatic carbocycles. The van der Waals surface area contributed by atoms with Crippen LogP contribution in [0, 0.1) is 11.3 Å². The Kier molecular flexibility index (Phi) is 4.39. The molecule has 2 aromatic rings. The van der Waals surface area contributed by atoms with Crippen LogP contribution in [0.1, 0.15) is 43.5 Å². The van der Waals surface area contributed by atoms with Crippen molar-refractivity contribution in [3.05, 3.63) is 40.4 Å². The number of nitrogens with one attached hydrogen (secondary N) is 1. The quantitative estimate of drug-likeness (QED) is 0.758. The summed E-state index contributed by atoms with van der Waals surface area (Å²) in [5, 5.41) is 27.2. The highest BCUT2D eigenvalue weighted by Crippen LogP contribution is 2.48. The maximum Gasteiger partial charge on any atom is 0.244 e. The number of rotatable bonds is 3. The van der Waals surface area contributed by atoms with E-state index in [1.165, 1.54) is 14.2 Å². The monoisotopic (exact) mass is 370 g/mol. The molecule has 27 heavy (non-hydrogen) atoms. The molecule has 8 heteroatoms. The second-order valence-corrected chi connectivity index (χ2v) is 7.27. The van der Waals surface area contributed by atoms with Gasteiger partial charge in [-0.2, -0.15) is 5.26 Å². The number of fused-ring (bicyclic) bond motifs is 1. The number of nitrogens with zero attached hydrogens (tertiary/aromatic N) is 2. The van der Waals surface area contributed by atoms with Crippen LogP contribution >= 0.6 is 0 Å². The van der Waals surface area contributed by atoms with Gasteiger partial charge in [0, 0.05) is 11.1 Å². The van der Waals surface area contributed by atoms with Gasteiger partial charge in [0.2, 0.25) is 17.5 Å². The number of phenolic OH excluding ortho intramolecular Hbond substituents is 1. The van der Waals surface area contributed by atoms with E-state index in [1.54, 1.807) is 12.1 Å². The minimum atomic E-state index is -0.546. The number of ether oxygens (including phenoxy) is 3. The van der Waals surface area contributed by atoms with Crippen molar-refractivity contribution in [2.75, 3.05) is 14.2 Å². The van der Waals surface area contributed by atoms with Crippen molar-refractivity contribution in [2.45, 2.75) is 32.1 Å². The van der Waals surface area contributed by atoms with Crippen LogP contribution in [0.15, 0.2) is 23.6 Å². The minimum absolute atomic E-state index is 0.00651. The molecule has 1 aromatic heterocycles. The zero-order valence-electron chi connectivity index (χ0n) is 15.9. The van der Waals surface area contributed by atoms with Gasteiger partial charge in [0.25, 0.3) is 0 Å². The number of hydrogen-bond donors (Lipinski definition) is 3. The number of aromatic nitrogens is 2.